The predicted molar refractivity (Wildman–Crippen MR) is 135 cm³/mol. The van der Waals surface area contributed by atoms with Gasteiger partial charge in [-0.1, -0.05) is 58.0 Å². The van der Waals surface area contributed by atoms with Crippen LogP contribution in [0.2, 0.25) is 15.3 Å². The van der Waals surface area contributed by atoms with Gasteiger partial charge in [0.25, 0.3) is 5.82 Å². The number of carbonyl (C=O) groups is 1. The minimum atomic E-state index is -1.97. The molecule has 3 aromatic rings. The van der Waals surface area contributed by atoms with Crippen LogP contribution in [0.3, 0.4) is 0 Å². The molecular formula is C18H18Cl6N8O2. The standard InChI is InChI=1S/C10H4Cl5N3O2.C8H14ClN5/c11-4-1-2-6(5(12)3-4)18-9(10(13,14)15)16-7(17-18)8(19)20;1-4-10-7-12-6(9)13-8(14-7)11-5(2)3/h1-3H,(H,19,20);5H,4H2,1-3H3,(H2,10,11,12,13,14). The van der Waals surface area contributed by atoms with E-state index in [1.165, 1.54) is 18.2 Å². The SMILES string of the molecule is CCNc1nc(Cl)nc(NC(C)C)n1.O=C(O)c1nc(C(Cl)(Cl)Cl)n(-c2ccc(Cl)cc2Cl)n1. The number of aromatic nitrogens is 6. The maximum atomic E-state index is 10.9. The van der Waals surface area contributed by atoms with Crippen molar-refractivity contribution in [2.75, 3.05) is 17.2 Å². The molecule has 0 saturated carbocycles. The van der Waals surface area contributed by atoms with Gasteiger partial charge in [-0.15, -0.1) is 5.10 Å². The van der Waals surface area contributed by atoms with Crippen molar-refractivity contribution in [1.82, 2.24) is 29.7 Å². The van der Waals surface area contributed by atoms with E-state index in [4.69, 9.17) is 74.7 Å². The zero-order valence-corrected chi connectivity index (χ0v) is 22.4. The summed E-state index contributed by atoms with van der Waals surface area (Å²) < 4.78 is -0.918. The first kappa shape index (κ1) is 28.4. The highest BCUT2D eigenvalue weighted by atomic mass is 35.6. The Morgan fingerprint density at radius 3 is 2.26 bits per heavy atom. The summed E-state index contributed by atoms with van der Waals surface area (Å²) in [4.78, 5) is 26.6. The summed E-state index contributed by atoms with van der Waals surface area (Å²) in [5.74, 6) is -1.07. The average molecular weight is 591 g/mol. The summed E-state index contributed by atoms with van der Waals surface area (Å²) in [7, 11) is 0. The van der Waals surface area contributed by atoms with Gasteiger partial charge in [0, 0.05) is 17.6 Å². The molecule has 2 aromatic heterocycles. The number of alkyl halides is 3. The van der Waals surface area contributed by atoms with Gasteiger partial charge in [-0.3, -0.25) is 0 Å². The molecule has 0 aliphatic heterocycles. The Morgan fingerprint density at radius 2 is 1.74 bits per heavy atom. The van der Waals surface area contributed by atoms with Gasteiger partial charge in [0.1, 0.15) is 0 Å². The second kappa shape index (κ2) is 12.2. The molecule has 0 fully saturated rings. The number of halogens is 6. The molecule has 0 atom stereocenters. The normalized spacial score (nSPS) is 11.1. The lowest BCUT2D eigenvalue weighted by Crippen LogP contribution is -2.14. The minimum Gasteiger partial charge on any atom is -0.475 e. The zero-order chi connectivity index (χ0) is 25.6. The Kier molecular flexibility index (Phi) is 10.2. The lowest BCUT2D eigenvalue weighted by molar-refractivity contribution is 0.0683. The van der Waals surface area contributed by atoms with E-state index in [9.17, 15) is 4.79 Å². The molecular weight excluding hydrogens is 573 g/mol. The Balaban J connectivity index is 0.000000257. The molecule has 34 heavy (non-hydrogen) atoms. The van der Waals surface area contributed by atoms with E-state index >= 15 is 0 Å². The third kappa shape index (κ3) is 8.14. The fraction of sp³-hybridized carbons (Fsp3) is 0.333. The van der Waals surface area contributed by atoms with Crippen molar-refractivity contribution in [3.05, 3.63) is 45.2 Å². The summed E-state index contributed by atoms with van der Waals surface area (Å²) in [6, 6.07) is 4.75. The van der Waals surface area contributed by atoms with Crippen LogP contribution < -0.4 is 10.6 Å². The number of nitrogens with one attached hydrogen (secondary N) is 2. The number of anilines is 2. The van der Waals surface area contributed by atoms with Gasteiger partial charge in [0.15, 0.2) is 5.82 Å². The van der Waals surface area contributed by atoms with E-state index in [0.29, 0.717) is 16.9 Å². The van der Waals surface area contributed by atoms with Gasteiger partial charge in [-0.2, -0.15) is 15.0 Å². The quantitative estimate of drug-likeness (QED) is 0.301. The molecule has 0 amide bonds. The zero-order valence-electron chi connectivity index (χ0n) is 17.8. The molecule has 16 heteroatoms. The monoisotopic (exact) mass is 588 g/mol. The number of aromatic carboxylic acids is 1. The van der Waals surface area contributed by atoms with Crippen LogP contribution in [0.5, 0.6) is 0 Å². The first-order valence-electron chi connectivity index (χ1n) is 9.46. The van der Waals surface area contributed by atoms with E-state index < -0.39 is 15.6 Å². The molecule has 2 heterocycles. The molecule has 3 rings (SSSR count). The van der Waals surface area contributed by atoms with E-state index in [2.05, 4.69) is 35.7 Å². The summed E-state index contributed by atoms with van der Waals surface area (Å²) >= 11 is 34.8. The van der Waals surface area contributed by atoms with Crippen molar-refractivity contribution >= 4 is 87.5 Å². The van der Waals surface area contributed by atoms with Gasteiger partial charge in [-0.05, 0) is 50.6 Å². The lowest BCUT2D eigenvalue weighted by Gasteiger charge is -2.12. The van der Waals surface area contributed by atoms with E-state index in [1.54, 1.807) is 0 Å². The first-order valence-corrected chi connectivity index (χ1v) is 11.7. The number of carboxylic acids is 1. The molecule has 0 bridgehead atoms. The second-order valence-corrected chi connectivity index (χ2v) is 10.1. The van der Waals surface area contributed by atoms with Crippen molar-refractivity contribution in [3.63, 3.8) is 0 Å². The maximum absolute atomic E-state index is 10.9. The molecule has 0 spiro atoms. The molecule has 184 valence electrons. The number of hydrogen-bond donors (Lipinski definition) is 3. The Bertz CT molecular complexity index is 1150. The number of benzene rings is 1. The van der Waals surface area contributed by atoms with Crippen molar-refractivity contribution in [3.8, 4) is 5.69 Å². The predicted octanol–water partition coefficient (Wildman–Crippen LogP) is 5.88. The van der Waals surface area contributed by atoms with Crippen LogP contribution in [0.15, 0.2) is 18.2 Å². The van der Waals surface area contributed by atoms with E-state index in [1.807, 2.05) is 20.8 Å². The van der Waals surface area contributed by atoms with Crippen LogP contribution in [0.1, 0.15) is 37.2 Å². The van der Waals surface area contributed by atoms with Crippen LogP contribution in [0.4, 0.5) is 11.9 Å². The molecule has 3 N–H and O–H groups in total. The molecule has 0 saturated heterocycles. The number of hydrogen-bond acceptors (Lipinski definition) is 8. The third-order valence-electron chi connectivity index (χ3n) is 3.55. The largest absolute Gasteiger partial charge is 0.475 e. The summed E-state index contributed by atoms with van der Waals surface area (Å²) in [6.07, 6.45) is 0. The van der Waals surface area contributed by atoms with Gasteiger partial charge in [0.05, 0.1) is 10.7 Å². The third-order valence-corrected chi connectivity index (χ3v) is 4.76. The molecule has 0 aliphatic carbocycles. The average Bonchev–Trinajstić information content (AvgIpc) is 3.14. The fourth-order valence-electron chi connectivity index (χ4n) is 2.32. The minimum absolute atomic E-state index is 0.191. The molecule has 10 nitrogen and oxygen atoms in total. The molecule has 0 radical (unpaired) electrons. The highest BCUT2D eigenvalue weighted by molar-refractivity contribution is 6.66. The molecule has 1 aromatic carbocycles. The smallest absolute Gasteiger partial charge is 0.375 e. The van der Waals surface area contributed by atoms with Gasteiger partial charge < -0.3 is 15.7 Å². The second-order valence-electron chi connectivity index (χ2n) is 6.65. The number of nitrogens with zero attached hydrogens (tertiary/aromatic N) is 6. The van der Waals surface area contributed by atoms with Crippen LogP contribution in [0, 0.1) is 0 Å². The Labute approximate surface area is 224 Å². The van der Waals surface area contributed by atoms with Crippen LogP contribution in [-0.4, -0.2) is 53.4 Å². The van der Waals surface area contributed by atoms with Crippen LogP contribution >= 0.6 is 69.6 Å². The number of rotatable bonds is 6. The molecule has 0 aliphatic rings. The van der Waals surface area contributed by atoms with E-state index in [0.717, 1.165) is 11.2 Å². The number of carboxylic acid groups (broad SMARTS) is 1. The van der Waals surface area contributed by atoms with Crippen molar-refractivity contribution in [1.29, 1.82) is 0 Å². The molecule has 0 unspecified atom stereocenters. The van der Waals surface area contributed by atoms with Crippen LogP contribution in [0.25, 0.3) is 5.69 Å². The van der Waals surface area contributed by atoms with Crippen LogP contribution in [-0.2, 0) is 3.79 Å². The van der Waals surface area contributed by atoms with Crippen molar-refractivity contribution in [2.24, 2.45) is 0 Å². The fourth-order valence-corrected chi connectivity index (χ4v) is 3.33. The topological polar surface area (TPSA) is 131 Å². The maximum Gasteiger partial charge on any atom is 0.375 e. The van der Waals surface area contributed by atoms with Gasteiger partial charge >= 0.3 is 5.97 Å². The van der Waals surface area contributed by atoms with Crippen molar-refractivity contribution < 1.29 is 9.90 Å². The summed E-state index contributed by atoms with van der Waals surface area (Å²) in [5, 5.41) is 19.5. The highest BCUT2D eigenvalue weighted by Crippen LogP contribution is 2.39. The van der Waals surface area contributed by atoms with Gasteiger partial charge in [0.2, 0.25) is 21.0 Å². The van der Waals surface area contributed by atoms with E-state index in [-0.39, 0.29) is 27.9 Å². The van der Waals surface area contributed by atoms with Crippen molar-refractivity contribution in [2.45, 2.75) is 30.6 Å². The highest BCUT2D eigenvalue weighted by Gasteiger charge is 2.33. The Morgan fingerprint density at radius 1 is 1.09 bits per heavy atom. The summed E-state index contributed by atoms with van der Waals surface area (Å²) in [6.45, 7) is 6.73. The lowest BCUT2D eigenvalue weighted by atomic mass is 10.3. The first-order chi connectivity index (χ1) is 15.8. The van der Waals surface area contributed by atoms with Gasteiger partial charge in [-0.25, -0.2) is 14.5 Å². The Hall–Kier alpha value is -1.82. The summed E-state index contributed by atoms with van der Waals surface area (Å²) in [5.41, 5.74) is 0.289.